The molecule has 186 valence electrons. The van der Waals surface area contributed by atoms with E-state index < -0.39 is 52.5 Å². The Morgan fingerprint density at radius 2 is 1.45 bits per heavy atom. The van der Waals surface area contributed by atoms with Gasteiger partial charge in [-0.3, -0.25) is 4.79 Å². The van der Waals surface area contributed by atoms with Crippen molar-refractivity contribution in [1.29, 1.82) is 0 Å². The van der Waals surface area contributed by atoms with Gasteiger partial charge < -0.3 is 26.0 Å². The van der Waals surface area contributed by atoms with E-state index in [0.717, 1.165) is 0 Å². The summed E-state index contributed by atoms with van der Waals surface area (Å²) in [4.78, 5) is 45.1. The van der Waals surface area contributed by atoms with Gasteiger partial charge in [0.05, 0.1) is 4.91 Å². The van der Waals surface area contributed by atoms with E-state index in [0.29, 0.717) is 0 Å². The minimum Gasteiger partial charge on any atom is -0.481 e. The summed E-state index contributed by atoms with van der Waals surface area (Å²) in [6.07, 6.45) is 7.36. The molecule has 0 saturated heterocycles. The maximum atomic E-state index is 12.3. The lowest BCUT2D eigenvalue weighted by Crippen LogP contribution is -2.51. The van der Waals surface area contributed by atoms with Crippen molar-refractivity contribution in [3.63, 3.8) is 0 Å². The number of aliphatic carboxylic acids is 3. The second kappa shape index (κ2) is 15.6. The molecule has 12 nitrogen and oxygen atoms in total. The summed E-state index contributed by atoms with van der Waals surface area (Å²) in [5.41, 5.74) is 0. The van der Waals surface area contributed by atoms with Gasteiger partial charge in [-0.15, -0.1) is 0 Å². The van der Waals surface area contributed by atoms with Crippen molar-refractivity contribution in [2.24, 2.45) is 0 Å². The van der Waals surface area contributed by atoms with E-state index in [9.17, 15) is 32.7 Å². The molecule has 0 unspecified atom stereocenters. The Kier molecular flexibility index (Phi) is 14.1. The van der Waals surface area contributed by atoms with Gasteiger partial charge in [0.2, 0.25) is 10.0 Å². The summed E-state index contributed by atoms with van der Waals surface area (Å²) in [6.45, 7) is 3.47. The third kappa shape index (κ3) is 13.1. The van der Waals surface area contributed by atoms with Gasteiger partial charge in [0.1, 0.15) is 12.1 Å². The van der Waals surface area contributed by atoms with Crippen molar-refractivity contribution in [3.05, 3.63) is 35.3 Å². The smallest absolute Gasteiger partial charge is 0.326 e. The number of nitrogens with one attached hydrogen (secondary N) is 3. The van der Waals surface area contributed by atoms with Gasteiger partial charge in [0, 0.05) is 13.0 Å². The van der Waals surface area contributed by atoms with E-state index in [1.165, 1.54) is 12.2 Å². The summed E-state index contributed by atoms with van der Waals surface area (Å²) < 4.78 is 27.1. The van der Waals surface area contributed by atoms with Crippen LogP contribution < -0.4 is 15.4 Å². The molecule has 2 atom stereocenters. The molecule has 0 radical (unpaired) electrons. The normalized spacial score (nSPS) is 14.2. The van der Waals surface area contributed by atoms with Crippen LogP contribution >= 0.6 is 0 Å². The van der Waals surface area contributed by atoms with Crippen molar-refractivity contribution < 1.29 is 42.9 Å². The predicted octanol–water partition coefficient (Wildman–Crippen LogP) is 1.18. The van der Waals surface area contributed by atoms with E-state index in [1.54, 1.807) is 32.1 Å². The second-order valence-corrected chi connectivity index (χ2v) is 8.59. The molecule has 0 fully saturated rings. The average Bonchev–Trinajstić information content (AvgIpc) is 2.72. The first kappa shape index (κ1) is 29.8. The molecule has 13 heteroatoms. The fraction of sp³-hybridized carbons (Fsp3) is 0.500. The van der Waals surface area contributed by atoms with Crippen LogP contribution in [0.3, 0.4) is 0 Å². The SMILES string of the molecule is C\C=C/C=C(\C=C/C)S(=O)(=O)NCCCC[C@H](NC(=O)N[C@@H](CCC(=O)O)C(=O)O)C(=O)O. The summed E-state index contributed by atoms with van der Waals surface area (Å²) in [5.74, 6) is -4.04. The third-order valence-electron chi connectivity index (χ3n) is 4.16. The lowest BCUT2D eigenvalue weighted by molar-refractivity contribution is -0.140. The van der Waals surface area contributed by atoms with Gasteiger partial charge in [-0.1, -0.05) is 18.2 Å². The number of sulfonamides is 1. The monoisotopic (exact) mass is 489 g/mol. The first-order valence-corrected chi connectivity index (χ1v) is 11.6. The molecule has 33 heavy (non-hydrogen) atoms. The number of hydrogen-bond acceptors (Lipinski definition) is 6. The maximum absolute atomic E-state index is 12.3. The Hall–Kier alpha value is -3.19. The Morgan fingerprint density at radius 3 is 1.94 bits per heavy atom. The van der Waals surface area contributed by atoms with Crippen molar-refractivity contribution in [3.8, 4) is 0 Å². The summed E-state index contributed by atoms with van der Waals surface area (Å²) in [6, 6.07) is -3.90. The van der Waals surface area contributed by atoms with Gasteiger partial charge in [-0.2, -0.15) is 0 Å². The maximum Gasteiger partial charge on any atom is 0.326 e. The predicted molar refractivity (Wildman–Crippen MR) is 120 cm³/mol. The number of unbranched alkanes of at least 4 members (excludes halogenated alkanes) is 1. The van der Waals surface area contributed by atoms with Crippen LogP contribution in [-0.2, 0) is 24.4 Å². The molecule has 0 aliphatic carbocycles. The Labute approximate surface area is 192 Å². The van der Waals surface area contributed by atoms with Crippen LogP contribution in [0.15, 0.2) is 35.3 Å². The highest BCUT2D eigenvalue weighted by atomic mass is 32.2. The fourth-order valence-electron chi connectivity index (χ4n) is 2.49. The summed E-state index contributed by atoms with van der Waals surface area (Å²) >= 11 is 0. The number of carbonyl (C=O) groups is 4. The molecule has 0 saturated carbocycles. The van der Waals surface area contributed by atoms with Crippen LogP contribution in [0.5, 0.6) is 0 Å². The standard InChI is InChI=1S/C20H31N3O9S/c1-3-5-9-14(8-4-2)33(31,32)21-13-7-6-10-15(18(26)27)22-20(30)23-16(19(28)29)11-12-17(24)25/h3-5,8-9,15-16,21H,6-7,10-13H2,1-2H3,(H,24,25)(H,26,27)(H,28,29)(H2,22,23,30)/b5-3-,8-4-,14-9+/t15-,16-/m0/s1. The number of rotatable bonds is 16. The average molecular weight is 490 g/mol. The van der Waals surface area contributed by atoms with E-state index in [1.807, 2.05) is 5.32 Å². The zero-order valence-corrected chi connectivity index (χ0v) is 19.3. The first-order chi connectivity index (χ1) is 15.4. The highest BCUT2D eigenvalue weighted by Crippen LogP contribution is 2.08. The van der Waals surface area contributed by atoms with Gasteiger partial charge >= 0.3 is 23.9 Å². The van der Waals surface area contributed by atoms with E-state index >= 15 is 0 Å². The summed E-state index contributed by atoms with van der Waals surface area (Å²) in [7, 11) is -3.75. The molecule has 0 aliphatic heterocycles. The number of carbonyl (C=O) groups excluding carboxylic acids is 1. The molecule has 0 aromatic carbocycles. The van der Waals surface area contributed by atoms with Crippen LogP contribution in [-0.4, -0.2) is 66.3 Å². The van der Waals surface area contributed by atoms with E-state index in [4.69, 9.17) is 10.2 Å². The Bertz CT molecular complexity index is 879. The number of urea groups is 1. The molecule has 0 aliphatic rings. The van der Waals surface area contributed by atoms with Crippen LogP contribution in [0, 0.1) is 0 Å². The minimum atomic E-state index is -3.75. The summed E-state index contributed by atoms with van der Waals surface area (Å²) in [5, 5.41) is 31.1. The van der Waals surface area contributed by atoms with Gasteiger partial charge in [0.25, 0.3) is 0 Å². The number of amides is 2. The molecule has 6 N–H and O–H groups in total. The van der Waals surface area contributed by atoms with Gasteiger partial charge in [-0.25, -0.2) is 27.5 Å². The molecule has 0 heterocycles. The fourth-order valence-corrected chi connectivity index (χ4v) is 3.65. The molecular formula is C20H31N3O9S. The molecule has 0 aromatic rings. The first-order valence-electron chi connectivity index (χ1n) is 10.1. The highest BCUT2D eigenvalue weighted by Gasteiger charge is 2.24. The van der Waals surface area contributed by atoms with Crippen molar-refractivity contribution in [2.75, 3.05) is 6.54 Å². The number of carboxylic acids is 3. The minimum absolute atomic E-state index is 0.0342. The zero-order valence-electron chi connectivity index (χ0n) is 18.5. The van der Waals surface area contributed by atoms with Crippen molar-refractivity contribution in [2.45, 2.75) is 58.0 Å². The van der Waals surface area contributed by atoms with Crippen LogP contribution in [0.25, 0.3) is 0 Å². The van der Waals surface area contributed by atoms with Crippen LogP contribution in [0.4, 0.5) is 4.79 Å². The Balaban J connectivity index is 4.72. The number of carboxylic acid groups (broad SMARTS) is 3. The molecule has 0 spiro atoms. The van der Waals surface area contributed by atoms with E-state index in [-0.39, 0.29) is 37.1 Å². The van der Waals surface area contributed by atoms with Gasteiger partial charge in [-0.05, 0) is 51.7 Å². The van der Waals surface area contributed by atoms with E-state index in [2.05, 4.69) is 10.0 Å². The number of hydrogen-bond donors (Lipinski definition) is 6. The zero-order chi connectivity index (χ0) is 25.4. The molecule has 0 aromatic heterocycles. The molecule has 0 rings (SSSR count). The largest absolute Gasteiger partial charge is 0.481 e. The Morgan fingerprint density at radius 1 is 0.879 bits per heavy atom. The number of allylic oxidation sites excluding steroid dienone is 5. The van der Waals surface area contributed by atoms with Crippen molar-refractivity contribution >= 4 is 34.0 Å². The molecule has 2 amide bonds. The van der Waals surface area contributed by atoms with Gasteiger partial charge in [0.15, 0.2) is 0 Å². The topological polar surface area (TPSA) is 199 Å². The highest BCUT2D eigenvalue weighted by molar-refractivity contribution is 7.93. The molecule has 0 bridgehead atoms. The lowest BCUT2D eigenvalue weighted by Gasteiger charge is -2.18. The van der Waals surface area contributed by atoms with Crippen LogP contribution in [0.1, 0.15) is 46.0 Å². The second-order valence-electron chi connectivity index (χ2n) is 6.82. The van der Waals surface area contributed by atoms with Crippen molar-refractivity contribution in [1.82, 2.24) is 15.4 Å². The van der Waals surface area contributed by atoms with Crippen LogP contribution in [0.2, 0.25) is 0 Å². The quantitative estimate of drug-likeness (QED) is 0.136. The molecular weight excluding hydrogens is 458 g/mol. The lowest BCUT2D eigenvalue weighted by atomic mass is 10.1. The third-order valence-corrected chi connectivity index (χ3v) is 5.64.